The quantitative estimate of drug-likeness (QED) is 0.0991. The zero-order chi connectivity index (χ0) is 26.6. The topological polar surface area (TPSA) is 0 Å². The number of unbranched alkanes of at least 4 members (excludes halogenated alkanes) is 1. The fourth-order valence-electron chi connectivity index (χ4n) is 4.26. The number of quaternary nitrogens is 1. The van der Waals surface area contributed by atoms with E-state index in [1.165, 1.54) is 26.8 Å². The van der Waals surface area contributed by atoms with Crippen LogP contribution >= 0.6 is 11.8 Å². The van der Waals surface area contributed by atoms with E-state index in [9.17, 15) is 0 Å². The number of thioether (sulfide) groups is 1. The summed E-state index contributed by atoms with van der Waals surface area (Å²) in [7, 11) is 8.50. The normalized spacial score (nSPS) is 11.1. The van der Waals surface area contributed by atoms with Gasteiger partial charge >= 0.3 is 0 Å². The summed E-state index contributed by atoms with van der Waals surface area (Å²) >= 11 is 1.91. The molecule has 0 N–H and O–H groups in total. The third-order valence-corrected chi connectivity index (χ3v) is 7.05. The third-order valence-electron chi connectivity index (χ3n) is 5.95. The Bertz CT molecular complexity index is 1150. The SMILES string of the molecule is C[N+](C)(C)C.Cc1ccc(SCCCC#C[B-](c2ccccc2)(c2ccccc2)c2ccccc2)cc1. The molecule has 0 saturated carbocycles. The molecule has 0 amide bonds. The van der Waals surface area contributed by atoms with Gasteiger partial charge in [-0.2, -0.15) is 16.4 Å². The van der Waals surface area contributed by atoms with Crippen LogP contribution in [0.25, 0.3) is 0 Å². The van der Waals surface area contributed by atoms with Gasteiger partial charge in [0, 0.05) is 11.3 Å². The lowest BCUT2D eigenvalue weighted by molar-refractivity contribution is -0.849. The minimum atomic E-state index is -1.35. The molecule has 0 aliphatic carbocycles. The van der Waals surface area contributed by atoms with Crippen LogP contribution in [0.3, 0.4) is 0 Å². The van der Waals surface area contributed by atoms with Crippen LogP contribution in [-0.2, 0) is 0 Å². The maximum Gasteiger partial charge on any atom is 0.149 e. The Morgan fingerprint density at radius 2 is 1.03 bits per heavy atom. The molecule has 0 aromatic heterocycles. The molecule has 0 unspecified atom stereocenters. The minimum absolute atomic E-state index is 0.898. The van der Waals surface area contributed by atoms with Crippen LogP contribution in [0.1, 0.15) is 18.4 Å². The fourth-order valence-corrected chi connectivity index (χ4v) is 5.12. The van der Waals surface area contributed by atoms with Crippen molar-refractivity contribution in [3.63, 3.8) is 0 Å². The van der Waals surface area contributed by atoms with Gasteiger partial charge < -0.3 is 4.48 Å². The summed E-state index contributed by atoms with van der Waals surface area (Å²) in [6.45, 7) is 2.13. The Morgan fingerprint density at radius 3 is 1.43 bits per heavy atom. The molecule has 0 aliphatic rings. The highest BCUT2D eigenvalue weighted by molar-refractivity contribution is 7.99. The van der Waals surface area contributed by atoms with E-state index in [4.69, 9.17) is 0 Å². The first-order valence-electron chi connectivity index (χ1n) is 13.1. The van der Waals surface area contributed by atoms with Gasteiger partial charge in [-0.3, -0.25) is 5.82 Å². The van der Waals surface area contributed by atoms with E-state index in [-0.39, 0.29) is 0 Å². The van der Waals surface area contributed by atoms with E-state index < -0.39 is 6.15 Å². The first-order valence-corrected chi connectivity index (χ1v) is 14.1. The third kappa shape index (κ3) is 9.01. The smallest absolute Gasteiger partial charge is 0.149 e. The molecule has 4 aromatic rings. The van der Waals surface area contributed by atoms with Crippen LogP contribution in [0.15, 0.2) is 120 Å². The summed E-state index contributed by atoms with van der Waals surface area (Å²) in [5.41, 5.74) is 5.12. The van der Waals surface area contributed by atoms with Crippen molar-refractivity contribution in [3.05, 3.63) is 121 Å². The average Bonchev–Trinajstić information content (AvgIpc) is 2.90. The fraction of sp³-hybridized carbons (Fsp3) is 0.235. The molecule has 0 bridgehead atoms. The van der Waals surface area contributed by atoms with Crippen LogP contribution in [0, 0.1) is 18.7 Å². The van der Waals surface area contributed by atoms with Crippen LogP contribution in [-0.4, -0.2) is 44.6 Å². The second-order valence-electron chi connectivity index (χ2n) is 10.9. The Balaban J connectivity index is 0.000000695. The molecular weight excluding hydrogens is 465 g/mol. The summed E-state index contributed by atoms with van der Waals surface area (Å²) in [5, 5.41) is 0. The van der Waals surface area contributed by atoms with Crippen molar-refractivity contribution in [1.29, 1.82) is 0 Å². The minimum Gasteiger partial charge on any atom is -0.333 e. The van der Waals surface area contributed by atoms with Crippen molar-refractivity contribution < 1.29 is 4.48 Å². The van der Waals surface area contributed by atoms with Gasteiger partial charge in [0.05, 0.1) is 28.2 Å². The van der Waals surface area contributed by atoms with E-state index in [2.05, 4.69) is 162 Å². The predicted octanol–water partition coefficient (Wildman–Crippen LogP) is 5.90. The van der Waals surface area contributed by atoms with Crippen molar-refractivity contribution >= 4 is 34.3 Å². The van der Waals surface area contributed by atoms with Crippen LogP contribution in [0.5, 0.6) is 0 Å². The zero-order valence-corrected chi connectivity index (χ0v) is 23.8. The molecule has 0 aliphatic heterocycles. The number of benzene rings is 4. The van der Waals surface area contributed by atoms with Crippen molar-refractivity contribution in [1.82, 2.24) is 0 Å². The van der Waals surface area contributed by atoms with E-state index in [1.807, 2.05) is 11.8 Å². The maximum absolute atomic E-state index is 3.79. The number of rotatable bonds is 7. The molecule has 3 heteroatoms. The molecule has 190 valence electrons. The van der Waals surface area contributed by atoms with Gasteiger partial charge in [0.1, 0.15) is 6.15 Å². The van der Waals surface area contributed by atoms with Gasteiger partial charge in [-0.25, -0.2) is 0 Å². The van der Waals surface area contributed by atoms with E-state index in [0.29, 0.717) is 0 Å². The number of aryl methyl sites for hydroxylation is 1. The van der Waals surface area contributed by atoms with Crippen LogP contribution in [0.2, 0.25) is 0 Å². The highest BCUT2D eigenvalue weighted by atomic mass is 32.2. The molecular formula is C34H40BNS. The summed E-state index contributed by atoms with van der Waals surface area (Å²) in [4.78, 5) is 1.33. The van der Waals surface area contributed by atoms with Crippen molar-refractivity contribution in [2.75, 3.05) is 33.9 Å². The number of hydrogen-bond donors (Lipinski definition) is 0. The van der Waals surface area contributed by atoms with Crippen molar-refractivity contribution in [2.24, 2.45) is 0 Å². The van der Waals surface area contributed by atoms with Gasteiger partial charge in [0.25, 0.3) is 0 Å². The molecule has 0 spiro atoms. The molecule has 37 heavy (non-hydrogen) atoms. The van der Waals surface area contributed by atoms with Gasteiger partial charge in [0.15, 0.2) is 0 Å². The standard InChI is InChI=1S/C30H28BS.C4H12N/c1-26-20-22-30(23-21-26)32-25-13-5-12-24-31(27-14-6-2-7-15-27,28-16-8-3-9-17-28)29-18-10-4-11-19-29;1-5(2,3)4/h2-4,6-11,14-23H,5,13,25H2,1H3;1-4H3/q-1;+1. The van der Waals surface area contributed by atoms with Crippen LogP contribution in [0.4, 0.5) is 0 Å². The van der Waals surface area contributed by atoms with Gasteiger partial charge in [-0.05, 0) is 31.2 Å². The van der Waals surface area contributed by atoms with Gasteiger partial charge in [-0.15, -0.1) is 17.7 Å². The molecule has 0 radical (unpaired) electrons. The molecule has 4 aromatic carbocycles. The highest BCUT2D eigenvalue weighted by Crippen LogP contribution is 2.19. The summed E-state index contributed by atoms with van der Waals surface area (Å²) in [6.07, 6.45) is 0.624. The molecule has 0 atom stereocenters. The average molecular weight is 506 g/mol. The van der Waals surface area contributed by atoms with Crippen molar-refractivity contribution in [2.45, 2.75) is 24.7 Å². The molecule has 1 nitrogen and oxygen atoms in total. The monoisotopic (exact) mass is 505 g/mol. The first kappa shape index (κ1) is 28.4. The molecule has 4 rings (SSSR count). The summed E-state index contributed by atoms with van der Waals surface area (Å²) in [5.74, 6) is 8.46. The maximum atomic E-state index is 3.79. The second kappa shape index (κ2) is 13.9. The van der Waals surface area contributed by atoms with Crippen molar-refractivity contribution in [3.8, 4) is 11.7 Å². The molecule has 0 heterocycles. The first-order chi connectivity index (χ1) is 17.8. The zero-order valence-electron chi connectivity index (χ0n) is 23.0. The number of hydrogen-bond acceptors (Lipinski definition) is 1. The Labute approximate surface area is 229 Å². The van der Waals surface area contributed by atoms with Crippen LogP contribution < -0.4 is 16.4 Å². The Kier molecular flexibility index (Phi) is 10.7. The summed E-state index contributed by atoms with van der Waals surface area (Å²) < 4.78 is 1.00. The summed E-state index contributed by atoms with van der Waals surface area (Å²) in [6, 6.07) is 41.1. The van der Waals surface area contributed by atoms with E-state index >= 15 is 0 Å². The lowest BCUT2D eigenvalue weighted by Gasteiger charge is -2.38. The van der Waals surface area contributed by atoms with E-state index in [0.717, 1.165) is 23.1 Å². The lowest BCUT2D eigenvalue weighted by atomic mass is 9.16. The lowest BCUT2D eigenvalue weighted by Crippen LogP contribution is -2.66. The predicted molar refractivity (Wildman–Crippen MR) is 167 cm³/mol. The Hall–Kier alpha value is -3.19. The van der Waals surface area contributed by atoms with Gasteiger partial charge in [-0.1, -0.05) is 109 Å². The van der Waals surface area contributed by atoms with E-state index in [1.54, 1.807) is 0 Å². The van der Waals surface area contributed by atoms with Gasteiger partial charge in [0.2, 0.25) is 0 Å². The molecule has 0 fully saturated rings. The largest absolute Gasteiger partial charge is 0.333 e. The molecule has 0 saturated heterocycles. The number of nitrogens with zero attached hydrogens (tertiary/aromatic N) is 1. The highest BCUT2D eigenvalue weighted by Gasteiger charge is 2.27. The Morgan fingerprint density at radius 1 is 0.622 bits per heavy atom. The second-order valence-corrected chi connectivity index (χ2v) is 12.0.